The van der Waals surface area contributed by atoms with E-state index in [0.29, 0.717) is 34.1 Å². The van der Waals surface area contributed by atoms with Crippen LogP contribution in [0, 0.1) is 0 Å². The number of aliphatic hydroxyl groups is 1. The second-order valence-electron chi connectivity index (χ2n) is 6.76. The summed E-state index contributed by atoms with van der Waals surface area (Å²) in [6.07, 6.45) is 0.163. The van der Waals surface area contributed by atoms with Crippen molar-refractivity contribution in [2.75, 3.05) is 33.8 Å². The molecule has 0 aromatic heterocycles. The zero-order valence-electron chi connectivity index (χ0n) is 18.5. The van der Waals surface area contributed by atoms with Crippen LogP contribution in [-0.2, 0) is 20.4 Å². The van der Waals surface area contributed by atoms with E-state index < -0.39 is 21.8 Å². The van der Waals surface area contributed by atoms with Gasteiger partial charge in [-0.05, 0) is 30.7 Å². The van der Waals surface area contributed by atoms with Crippen LogP contribution in [0.4, 0.5) is 5.69 Å². The van der Waals surface area contributed by atoms with E-state index in [1.165, 1.54) is 47.5 Å². The molecule has 32 heavy (non-hydrogen) atoms. The van der Waals surface area contributed by atoms with Crippen LogP contribution < -0.4 is 24.3 Å². The Morgan fingerprint density at radius 2 is 1.59 bits per heavy atom. The van der Waals surface area contributed by atoms with Crippen LogP contribution in [0.15, 0.2) is 35.7 Å². The SMILES string of the molecule is COc1cc(OC)c(C=CS(=O)(=O)Cc2ccc(OC)c(NC(=O)C(C)O)c2)c(OC)c1. The van der Waals surface area contributed by atoms with Crippen LogP contribution in [0.25, 0.3) is 6.08 Å². The maximum absolute atomic E-state index is 12.7. The Morgan fingerprint density at radius 1 is 1.00 bits per heavy atom. The highest BCUT2D eigenvalue weighted by molar-refractivity contribution is 7.93. The number of sulfone groups is 1. The highest BCUT2D eigenvalue weighted by Crippen LogP contribution is 2.35. The first kappa shape index (κ1) is 25.0. The summed E-state index contributed by atoms with van der Waals surface area (Å²) in [5.74, 6) is 0.653. The maximum atomic E-state index is 12.7. The Morgan fingerprint density at radius 3 is 2.09 bits per heavy atom. The number of amides is 1. The molecule has 1 unspecified atom stereocenters. The molecule has 2 N–H and O–H groups in total. The molecule has 0 bridgehead atoms. The molecule has 2 aromatic carbocycles. The standard InChI is InChI=1S/C22H27NO8S/c1-14(24)22(25)23-18-10-15(6-7-19(18)29-3)13-32(26,27)9-8-17-20(30-4)11-16(28-2)12-21(17)31-5/h6-12,14,24H,13H2,1-5H3,(H,23,25). The summed E-state index contributed by atoms with van der Waals surface area (Å²) in [4.78, 5) is 11.8. The normalized spacial score (nSPS) is 12.3. The topological polar surface area (TPSA) is 120 Å². The number of aliphatic hydroxyl groups excluding tert-OH is 1. The molecule has 0 saturated heterocycles. The first-order valence-corrected chi connectivity index (χ1v) is 11.2. The maximum Gasteiger partial charge on any atom is 0.253 e. The van der Waals surface area contributed by atoms with Gasteiger partial charge in [-0.25, -0.2) is 8.42 Å². The zero-order chi connectivity index (χ0) is 23.9. The van der Waals surface area contributed by atoms with Gasteiger partial charge in [-0.1, -0.05) is 6.07 Å². The molecule has 0 fully saturated rings. The number of rotatable bonds is 10. The second-order valence-corrected chi connectivity index (χ2v) is 8.64. The van der Waals surface area contributed by atoms with Crippen LogP contribution in [0.2, 0.25) is 0 Å². The van der Waals surface area contributed by atoms with E-state index in [4.69, 9.17) is 18.9 Å². The Labute approximate surface area is 187 Å². The first-order chi connectivity index (χ1) is 15.1. The van der Waals surface area contributed by atoms with Crippen molar-refractivity contribution in [3.8, 4) is 23.0 Å². The molecular formula is C22H27NO8S. The zero-order valence-corrected chi connectivity index (χ0v) is 19.4. The Hall–Kier alpha value is -3.24. The van der Waals surface area contributed by atoms with Crippen molar-refractivity contribution < 1.29 is 37.3 Å². The van der Waals surface area contributed by atoms with Gasteiger partial charge in [0.15, 0.2) is 9.84 Å². The average molecular weight is 466 g/mol. The Kier molecular flexibility index (Phi) is 8.50. The molecule has 1 amide bonds. The molecule has 0 saturated carbocycles. The molecule has 174 valence electrons. The van der Waals surface area contributed by atoms with Crippen LogP contribution >= 0.6 is 0 Å². The molecule has 0 aliphatic carbocycles. The number of anilines is 1. The van der Waals surface area contributed by atoms with Crippen molar-refractivity contribution >= 4 is 27.5 Å². The fourth-order valence-electron chi connectivity index (χ4n) is 2.83. The highest BCUT2D eigenvalue weighted by Gasteiger charge is 2.16. The molecule has 0 aliphatic rings. The minimum absolute atomic E-state index is 0.258. The van der Waals surface area contributed by atoms with Crippen LogP contribution in [-0.4, -0.2) is 54.0 Å². The fourth-order valence-corrected chi connectivity index (χ4v) is 3.91. The van der Waals surface area contributed by atoms with E-state index >= 15 is 0 Å². The number of methoxy groups -OCH3 is 4. The molecule has 1 atom stereocenters. The lowest BCUT2D eigenvalue weighted by Crippen LogP contribution is -2.24. The number of hydrogen-bond donors (Lipinski definition) is 2. The summed E-state index contributed by atoms with van der Waals surface area (Å²) in [7, 11) is 2.13. The molecular weight excluding hydrogens is 438 g/mol. The average Bonchev–Trinajstić information content (AvgIpc) is 2.76. The summed E-state index contributed by atoms with van der Waals surface area (Å²) in [5.41, 5.74) is 1.12. The van der Waals surface area contributed by atoms with Gasteiger partial charge in [-0.2, -0.15) is 0 Å². The molecule has 2 rings (SSSR count). The van der Waals surface area contributed by atoms with Crippen molar-refractivity contribution in [1.82, 2.24) is 0 Å². The predicted octanol–water partition coefficient (Wildman–Crippen LogP) is 2.63. The summed E-state index contributed by atoms with van der Waals surface area (Å²) >= 11 is 0. The molecule has 9 nitrogen and oxygen atoms in total. The van der Waals surface area contributed by atoms with Gasteiger partial charge >= 0.3 is 0 Å². The number of carbonyl (C=O) groups is 1. The van der Waals surface area contributed by atoms with Crippen molar-refractivity contribution in [2.24, 2.45) is 0 Å². The van der Waals surface area contributed by atoms with E-state index in [9.17, 15) is 18.3 Å². The Balaban J connectivity index is 2.33. The molecule has 0 radical (unpaired) electrons. The third-order valence-corrected chi connectivity index (χ3v) is 5.75. The van der Waals surface area contributed by atoms with Gasteiger partial charge in [0.2, 0.25) is 0 Å². The van der Waals surface area contributed by atoms with E-state index in [0.717, 1.165) is 5.41 Å². The van der Waals surface area contributed by atoms with Gasteiger partial charge in [-0.3, -0.25) is 4.79 Å². The van der Waals surface area contributed by atoms with Gasteiger partial charge in [0.1, 0.15) is 29.1 Å². The van der Waals surface area contributed by atoms with Gasteiger partial charge in [0, 0.05) is 17.5 Å². The summed E-state index contributed by atoms with van der Waals surface area (Å²) in [6.45, 7) is 1.32. The summed E-state index contributed by atoms with van der Waals surface area (Å²) < 4.78 is 46.5. The number of carbonyl (C=O) groups excluding carboxylic acids is 1. The minimum atomic E-state index is -3.71. The summed E-state index contributed by atoms with van der Waals surface area (Å²) in [5, 5.41) is 13.0. The van der Waals surface area contributed by atoms with Crippen LogP contribution in [0.3, 0.4) is 0 Å². The minimum Gasteiger partial charge on any atom is -0.496 e. The van der Waals surface area contributed by atoms with Crippen molar-refractivity contribution in [3.63, 3.8) is 0 Å². The highest BCUT2D eigenvalue weighted by atomic mass is 32.2. The smallest absolute Gasteiger partial charge is 0.253 e. The first-order valence-electron chi connectivity index (χ1n) is 9.50. The van der Waals surface area contributed by atoms with Gasteiger partial charge in [0.25, 0.3) is 5.91 Å². The number of ether oxygens (including phenoxy) is 4. The van der Waals surface area contributed by atoms with Crippen molar-refractivity contribution in [1.29, 1.82) is 0 Å². The Bertz CT molecular complexity index is 1070. The van der Waals surface area contributed by atoms with Crippen LogP contribution in [0.5, 0.6) is 23.0 Å². The number of hydrogen-bond acceptors (Lipinski definition) is 8. The van der Waals surface area contributed by atoms with Gasteiger partial charge in [-0.15, -0.1) is 0 Å². The third-order valence-electron chi connectivity index (χ3n) is 4.46. The van der Waals surface area contributed by atoms with Gasteiger partial charge in [0.05, 0.1) is 45.4 Å². The monoisotopic (exact) mass is 465 g/mol. The lowest BCUT2D eigenvalue weighted by Gasteiger charge is -2.13. The third kappa shape index (κ3) is 6.38. The largest absolute Gasteiger partial charge is 0.496 e. The predicted molar refractivity (Wildman–Crippen MR) is 121 cm³/mol. The van der Waals surface area contributed by atoms with Crippen LogP contribution in [0.1, 0.15) is 18.1 Å². The molecule has 2 aromatic rings. The lowest BCUT2D eigenvalue weighted by atomic mass is 10.1. The molecule has 0 spiro atoms. The molecule has 0 aliphatic heterocycles. The summed E-state index contributed by atoms with van der Waals surface area (Å²) in [6, 6.07) is 7.85. The quantitative estimate of drug-likeness (QED) is 0.549. The van der Waals surface area contributed by atoms with E-state index in [1.807, 2.05) is 0 Å². The van der Waals surface area contributed by atoms with E-state index in [1.54, 1.807) is 24.3 Å². The molecule has 0 heterocycles. The molecule has 10 heteroatoms. The van der Waals surface area contributed by atoms with Gasteiger partial charge < -0.3 is 29.4 Å². The van der Waals surface area contributed by atoms with Crippen molar-refractivity contribution in [3.05, 3.63) is 46.9 Å². The number of nitrogens with one attached hydrogen (secondary N) is 1. The fraction of sp³-hybridized carbons (Fsp3) is 0.318. The number of benzene rings is 2. The van der Waals surface area contributed by atoms with E-state index in [-0.39, 0.29) is 11.4 Å². The lowest BCUT2D eigenvalue weighted by molar-refractivity contribution is -0.123. The second kappa shape index (κ2) is 10.9. The van der Waals surface area contributed by atoms with Crippen molar-refractivity contribution in [2.45, 2.75) is 18.8 Å². The van der Waals surface area contributed by atoms with E-state index in [2.05, 4.69) is 5.32 Å².